The van der Waals surface area contributed by atoms with Gasteiger partial charge in [0, 0.05) is 19.3 Å². The van der Waals surface area contributed by atoms with Gasteiger partial charge in [-0.3, -0.25) is 14.4 Å². The summed E-state index contributed by atoms with van der Waals surface area (Å²) in [6.07, 6.45) is 87.5. The van der Waals surface area contributed by atoms with Gasteiger partial charge < -0.3 is 14.2 Å². The number of esters is 3. The summed E-state index contributed by atoms with van der Waals surface area (Å²) >= 11 is 0. The lowest BCUT2D eigenvalue weighted by atomic mass is 10.0. The van der Waals surface area contributed by atoms with Gasteiger partial charge in [0.15, 0.2) is 6.10 Å². The van der Waals surface area contributed by atoms with Crippen molar-refractivity contribution in [2.24, 2.45) is 0 Å². The van der Waals surface area contributed by atoms with Gasteiger partial charge in [-0.1, -0.05) is 305 Å². The van der Waals surface area contributed by atoms with Crippen molar-refractivity contribution in [1.29, 1.82) is 0 Å². The Labute approximate surface area is 484 Å². The zero-order valence-corrected chi connectivity index (χ0v) is 51.7. The zero-order chi connectivity index (χ0) is 56.4. The lowest BCUT2D eigenvalue weighted by molar-refractivity contribution is -0.167. The number of ether oxygens (including phenoxy) is 3. The molecular formula is C72H126O6. The van der Waals surface area contributed by atoms with Crippen molar-refractivity contribution in [2.75, 3.05) is 13.2 Å². The van der Waals surface area contributed by atoms with E-state index in [0.29, 0.717) is 19.3 Å². The van der Waals surface area contributed by atoms with Gasteiger partial charge >= 0.3 is 17.9 Å². The van der Waals surface area contributed by atoms with E-state index in [0.717, 1.165) is 96.3 Å². The second kappa shape index (κ2) is 66.1. The molecule has 6 heteroatoms. The van der Waals surface area contributed by atoms with Crippen molar-refractivity contribution in [3.05, 3.63) is 85.1 Å². The molecule has 1 unspecified atom stereocenters. The Morgan fingerprint density at radius 1 is 0.269 bits per heavy atom. The maximum absolute atomic E-state index is 12.9. The SMILES string of the molecule is CC/C=C\C/C=C\C/C=C\C/C=C\CCCCC(=O)OCC(COC(=O)CCCCCCCCCCCCCCCC/C=C\C/C=C\C/C=C\CCCCCCC)OC(=O)CCCCCCCCCCCCCCCCCC. The molecule has 0 spiro atoms. The van der Waals surface area contributed by atoms with Crippen molar-refractivity contribution in [3.8, 4) is 0 Å². The third-order valence-corrected chi connectivity index (χ3v) is 14.6. The molecule has 0 aliphatic rings. The van der Waals surface area contributed by atoms with Crippen LogP contribution < -0.4 is 0 Å². The molecule has 0 aromatic rings. The summed E-state index contributed by atoms with van der Waals surface area (Å²) in [6.45, 7) is 6.52. The van der Waals surface area contributed by atoms with Crippen LogP contribution >= 0.6 is 0 Å². The van der Waals surface area contributed by atoms with Crippen LogP contribution in [-0.2, 0) is 28.6 Å². The number of rotatable bonds is 61. The van der Waals surface area contributed by atoms with Crippen molar-refractivity contribution >= 4 is 17.9 Å². The molecule has 0 aliphatic heterocycles. The van der Waals surface area contributed by atoms with Crippen molar-refractivity contribution in [3.63, 3.8) is 0 Å². The largest absolute Gasteiger partial charge is 0.462 e. The molecule has 450 valence electrons. The third-order valence-electron chi connectivity index (χ3n) is 14.6. The summed E-state index contributed by atoms with van der Waals surface area (Å²) in [5.74, 6) is -0.915. The first kappa shape index (κ1) is 74.6. The normalized spacial score (nSPS) is 12.6. The second-order valence-electron chi connectivity index (χ2n) is 22.4. The van der Waals surface area contributed by atoms with E-state index in [1.807, 2.05) is 0 Å². The van der Waals surface area contributed by atoms with E-state index in [9.17, 15) is 14.4 Å². The van der Waals surface area contributed by atoms with Crippen molar-refractivity contribution in [1.82, 2.24) is 0 Å². The van der Waals surface area contributed by atoms with Crippen LogP contribution in [0.4, 0.5) is 0 Å². The molecule has 0 fully saturated rings. The average molecular weight is 1090 g/mol. The molecule has 0 rings (SSSR count). The molecule has 0 saturated carbocycles. The van der Waals surface area contributed by atoms with Gasteiger partial charge in [0.25, 0.3) is 0 Å². The van der Waals surface area contributed by atoms with Gasteiger partial charge in [0.05, 0.1) is 0 Å². The summed E-state index contributed by atoms with van der Waals surface area (Å²) < 4.78 is 16.9. The molecular weight excluding hydrogens is 961 g/mol. The summed E-state index contributed by atoms with van der Waals surface area (Å²) in [7, 11) is 0. The standard InChI is InChI=1S/C72H126O6/c1-4-7-10-13-16-19-22-25-28-30-31-32-33-34-35-36-37-38-39-40-41-42-45-47-50-53-56-59-62-65-71(74)77-68-69(67-76-70(73)64-61-58-55-52-49-46-43-27-24-21-18-15-12-9-6-3)78-72(75)66-63-60-57-54-51-48-44-29-26-23-20-17-14-11-8-5-2/h9,12,18,21-22,25,27,30-31,33-34,43,49,52,69H,4-8,10-11,13-17,19-20,23-24,26,28-29,32,35-42,44-48,50-51,53-68H2,1-3H3/b12-9-,21-18-,25-22-,31-30-,34-33-,43-27-,52-49-. The van der Waals surface area contributed by atoms with E-state index < -0.39 is 6.10 Å². The molecule has 0 N–H and O–H groups in total. The van der Waals surface area contributed by atoms with Crippen LogP contribution in [-0.4, -0.2) is 37.2 Å². The highest BCUT2D eigenvalue weighted by Gasteiger charge is 2.19. The zero-order valence-electron chi connectivity index (χ0n) is 51.7. The highest BCUT2D eigenvalue weighted by Crippen LogP contribution is 2.17. The number of carbonyl (C=O) groups is 3. The van der Waals surface area contributed by atoms with E-state index in [2.05, 4.69) is 106 Å². The fraction of sp³-hybridized carbons (Fsp3) is 0.764. The molecule has 0 aromatic carbocycles. The van der Waals surface area contributed by atoms with Crippen LogP contribution in [0.1, 0.15) is 335 Å². The Balaban J connectivity index is 4.27. The Hall–Kier alpha value is -3.41. The molecule has 0 saturated heterocycles. The molecule has 6 nitrogen and oxygen atoms in total. The molecule has 78 heavy (non-hydrogen) atoms. The minimum Gasteiger partial charge on any atom is -0.462 e. The van der Waals surface area contributed by atoms with E-state index in [-0.39, 0.29) is 31.1 Å². The number of hydrogen-bond acceptors (Lipinski definition) is 6. The molecule has 0 heterocycles. The van der Waals surface area contributed by atoms with E-state index in [1.54, 1.807) is 0 Å². The van der Waals surface area contributed by atoms with Crippen molar-refractivity contribution in [2.45, 2.75) is 341 Å². The van der Waals surface area contributed by atoms with E-state index in [1.165, 1.54) is 199 Å². The van der Waals surface area contributed by atoms with Crippen LogP contribution in [0.25, 0.3) is 0 Å². The van der Waals surface area contributed by atoms with Crippen LogP contribution in [0.3, 0.4) is 0 Å². The first-order valence-corrected chi connectivity index (χ1v) is 33.6. The quantitative estimate of drug-likeness (QED) is 0.0261. The molecule has 0 amide bonds. The monoisotopic (exact) mass is 1090 g/mol. The molecule has 0 bridgehead atoms. The Morgan fingerprint density at radius 2 is 0.500 bits per heavy atom. The number of allylic oxidation sites excluding steroid dienone is 14. The predicted octanol–water partition coefficient (Wildman–Crippen LogP) is 23.1. The van der Waals surface area contributed by atoms with Gasteiger partial charge in [-0.25, -0.2) is 0 Å². The minimum absolute atomic E-state index is 0.0868. The Morgan fingerprint density at radius 3 is 0.808 bits per heavy atom. The van der Waals surface area contributed by atoms with Gasteiger partial charge in [-0.05, 0) is 96.3 Å². The Kier molecular flexibility index (Phi) is 63.2. The van der Waals surface area contributed by atoms with E-state index in [4.69, 9.17) is 14.2 Å². The van der Waals surface area contributed by atoms with Gasteiger partial charge in [0.2, 0.25) is 0 Å². The Bertz CT molecular complexity index is 1480. The summed E-state index contributed by atoms with van der Waals surface area (Å²) in [5.41, 5.74) is 0. The topological polar surface area (TPSA) is 78.9 Å². The molecule has 1 atom stereocenters. The lowest BCUT2D eigenvalue weighted by Gasteiger charge is -2.18. The fourth-order valence-electron chi connectivity index (χ4n) is 9.62. The summed E-state index contributed by atoms with van der Waals surface area (Å²) in [4.78, 5) is 38.3. The molecule has 0 radical (unpaired) electrons. The number of unbranched alkanes of at least 4 members (excludes halogenated alkanes) is 36. The number of hydrogen-bond donors (Lipinski definition) is 0. The van der Waals surface area contributed by atoms with Gasteiger partial charge in [0.1, 0.15) is 13.2 Å². The molecule has 0 aromatic heterocycles. The van der Waals surface area contributed by atoms with Crippen LogP contribution in [0.15, 0.2) is 85.1 Å². The summed E-state index contributed by atoms with van der Waals surface area (Å²) in [6, 6.07) is 0. The fourth-order valence-corrected chi connectivity index (χ4v) is 9.62. The van der Waals surface area contributed by atoms with Gasteiger partial charge in [-0.15, -0.1) is 0 Å². The average Bonchev–Trinajstić information content (AvgIpc) is 3.44. The van der Waals surface area contributed by atoms with E-state index >= 15 is 0 Å². The number of carbonyl (C=O) groups excluding carboxylic acids is 3. The first-order chi connectivity index (χ1) is 38.5. The van der Waals surface area contributed by atoms with Crippen LogP contribution in [0.2, 0.25) is 0 Å². The first-order valence-electron chi connectivity index (χ1n) is 33.6. The second-order valence-corrected chi connectivity index (χ2v) is 22.4. The minimum atomic E-state index is -0.793. The van der Waals surface area contributed by atoms with Crippen LogP contribution in [0, 0.1) is 0 Å². The lowest BCUT2D eigenvalue weighted by Crippen LogP contribution is -2.30. The highest BCUT2D eigenvalue weighted by atomic mass is 16.6. The van der Waals surface area contributed by atoms with Crippen molar-refractivity contribution < 1.29 is 28.6 Å². The van der Waals surface area contributed by atoms with Gasteiger partial charge in [-0.2, -0.15) is 0 Å². The molecule has 0 aliphatic carbocycles. The van der Waals surface area contributed by atoms with Crippen LogP contribution in [0.5, 0.6) is 0 Å². The maximum Gasteiger partial charge on any atom is 0.306 e. The predicted molar refractivity (Wildman–Crippen MR) is 339 cm³/mol. The maximum atomic E-state index is 12.9. The summed E-state index contributed by atoms with van der Waals surface area (Å²) in [5, 5.41) is 0. The highest BCUT2D eigenvalue weighted by molar-refractivity contribution is 5.71. The smallest absolute Gasteiger partial charge is 0.306 e. The third kappa shape index (κ3) is 63.4.